The third kappa shape index (κ3) is 3.56. The summed E-state index contributed by atoms with van der Waals surface area (Å²) in [6.45, 7) is 5.50. The van der Waals surface area contributed by atoms with E-state index in [2.05, 4.69) is 9.88 Å². The fourth-order valence-electron chi connectivity index (χ4n) is 5.03. The minimum atomic E-state index is -0.338. The van der Waals surface area contributed by atoms with Crippen LogP contribution in [-0.4, -0.2) is 49.1 Å². The number of hydrogen-bond donors (Lipinski definition) is 1. The number of carbonyl (C=O) groups is 1. The van der Waals surface area contributed by atoms with Gasteiger partial charge in [0, 0.05) is 36.7 Å². The zero-order valence-electron chi connectivity index (χ0n) is 18.2. The lowest BCUT2D eigenvalue weighted by molar-refractivity contribution is -0.118. The minimum Gasteiger partial charge on any atom is -0.382 e. The van der Waals surface area contributed by atoms with Crippen molar-refractivity contribution in [3.63, 3.8) is 0 Å². The first kappa shape index (κ1) is 20.7. The number of rotatable bonds is 4. The number of likely N-dealkylation sites (tertiary alicyclic amines) is 1. The van der Waals surface area contributed by atoms with Crippen LogP contribution in [0.3, 0.4) is 0 Å². The Morgan fingerprint density at radius 2 is 2.00 bits per heavy atom. The molecular weight excluding hydrogens is 407 g/mol. The number of nitrogens with two attached hydrogens (primary N) is 1. The first-order valence-electron chi connectivity index (χ1n) is 11.1. The van der Waals surface area contributed by atoms with Crippen LogP contribution in [0.25, 0.3) is 22.0 Å². The van der Waals surface area contributed by atoms with Crippen molar-refractivity contribution in [2.75, 3.05) is 43.5 Å². The molecule has 166 valence electrons. The molecule has 0 bridgehead atoms. The van der Waals surface area contributed by atoms with Gasteiger partial charge in [-0.05, 0) is 48.6 Å². The maximum Gasteiger partial charge on any atom is 0.210 e. The molecule has 2 aliphatic heterocycles. The van der Waals surface area contributed by atoms with Gasteiger partial charge in [-0.15, -0.1) is 0 Å². The molecular formula is C25H27FN4O2. The molecule has 7 heteroatoms. The van der Waals surface area contributed by atoms with Crippen molar-refractivity contribution >= 4 is 28.8 Å². The van der Waals surface area contributed by atoms with Crippen molar-refractivity contribution in [3.8, 4) is 11.1 Å². The number of fused-ring (bicyclic) bond motifs is 1. The van der Waals surface area contributed by atoms with Gasteiger partial charge >= 0.3 is 0 Å². The van der Waals surface area contributed by atoms with Crippen LogP contribution in [0.4, 0.5) is 15.9 Å². The van der Waals surface area contributed by atoms with Crippen LogP contribution < -0.4 is 10.6 Å². The van der Waals surface area contributed by atoms with Crippen LogP contribution >= 0.6 is 0 Å². The molecule has 1 aromatic heterocycles. The smallest absolute Gasteiger partial charge is 0.210 e. The molecule has 6 nitrogen and oxygen atoms in total. The molecule has 2 N–H and O–H groups in total. The number of carbonyl (C=O) groups excluding carboxylic acids is 1. The zero-order chi connectivity index (χ0) is 22.2. The fourth-order valence-corrected chi connectivity index (χ4v) is 5.03. The van der Waals surface area contributed by atoms with E-state index < -0.39 is 0 Å². The molecule has 0 saturated carbocycles. The molecule has 2 saturated heterocycles. The van der Waals surface area contributed by atoms with E-state index in [0.717, 1.165) is 66.6 Å². The first-order valence-corrected chi connectivity index (χ1v) is 11.1. The van der Waals surface area contributed by atoms with Crippen molar-refractivity contribution in [3.05, 3.63) is 53.3 Å². The fraction of sp³-hybridized carbons (Fsp3) is 0.360. The highest BCUT2D eigenvalue weighted by atomic mass is 19.1. The Morgan fingerprint density at radius 3 is 2.78 bits per heavy atom. The summed E-state index contributed by atoms with van der Waals surface area (Å²) in [6.07, 6.45) is 2.73. The van der Waals surface area contributed by atoms with Gasteiger partial charge < -0.3 is 20.3 Å². The van der Waals surface area contributed by atoms with Crippen LogP contribution in [0.15, 0.2) is 36.4 Å². The van der Waals surface area contributed by atoms with Crippen molar-refractivity contribution < 1.29 is 13.9 Å². The summed E-state index contributed by atoms with van der Waals surface area (Å²) in [5.41, 5.74) is 11.0. The normalized spacial score (nSPS) is 19.0. The lowest BCUT2D eigenvalue weighted by atomic mass is 9.89. The summed E-state index contributed by atoms with van der Waals surface area (Å²) in [4.78, 5) is 20.1. The summed E-state index contributed by atoms with van der Waals surface area (Å²) in [7, 11) is 0. The van der Waals surface area contributed by atoms with Gasteiger partial charge in [0.15, 0.2) is 0 Å². The molecule has 5 rings (SSSR count). The minimum absolute atomic E-state index is 0.0362. The second kappa shape index (κ2) is 8.39. The second-order valence-corrected chi connectivity index (χ2v) is 8.56. The highest BCUT2D eigenvalue weighted by Crippen LogP contribution is 2.41. The number of nitrogens with zero attached hydrogens (tertiary/aromatic N) is 3. The molecule has 0 radical (unpaired) electrons. The quantitative estimate of drug-likeness (QED) is 0.627. The Balaban J connectivity index is 1.65. The summed E-state index contributed by atoms with van der Waals surface area (Å²) in [5, 5.41) is 0.838. The number of ether oxygens (including phenoxy) is 1. The Morgan fingerprint density at radius 1 is 1.19 bits per heavy atom. The SMILES string of the molecule is Cc1cccc(C2CCCN2C=O)c1-c1cc2cc(N3CCOCC3)c(N)nc2cc1F. The summed E-state index contributed by atoms with van der Waals surface area (Å²) < 4.78 is 20.9. The van der Waals surface area contributed by atoms with E-state index in [0.29, 0.717) is 30.1 Å². The molecule has 1 unspecified atom stereocenters. The van der Waals surface area contributed by atoms with Crippen LogP contribution in [0.5, 0.6) is 0 Å². The number of pyridine rings is 1. The number of hydrogen-bond acceptors (Lipinski definition) is 5. The molecule has 3 aromatic rings. The van der Waals surface area contributed by atoms with E-state index >= 15 is 4.39 Å². The average molecular weight is 435 g/mol. The Bertz CT molecular complexity index is 1180. The van der Waals surface area contributed by atoms with Gasteiger partial charge in [-0.1, -0.05) is 18.2 Å². The second-order valence-electron chi connectivity index (χ2n) is 8.56. The average Bonchev–Trinajstić information content (AvgIpc) is 3.28. The Kier molecular flexibility index (Phi) is 5.43. The van der Waals surface area contributed by atoms with Crippen molar-refractivity contribution in [1.29, 1.82) is 0 Å². The van der Waals surface area contributed by atoms with Gasteiger partial charge in [0.25, 0.3) is 0 Å². The largest absolute Gasteiger partial charge is 0.382 e. The maximum atomic E-state index is 15.4. The number of halogens is 1. The molecule has 2 aliphatic rings. The number of aryl methyl sites for hydroxylation is 1. The van der Waals surface area contributed by atoms with E-state index in [-0.39, 0.29) is 11.9 Å². The predicted molar refractivity (Wildman–Crippen MR) is 124 cm³/mol. The van der Waals surface area contributed by atoms with E-state index in [1.165, 1.54) is 6.07 Å². The van der Waals surface area contributed by atoms with Crippen LogP contribution in [0, 0.1) is 12.7 Å². The third-order valence-corrected chi connectivity index (χ3v) is 6.63. The van der Waals surface area contributed by atoms with Crippen molar-refractivity contribution in [2.24, 2.45) is 0 Å². The topological polar surface area (TPSA) is 71.7 Å². The summed E-state index contributed by atoms with van der Waals surface area (Å²) in [6, 6.07) is 11.3. The molecule has 3 heterocycles. The zero-order valence-corrected chi connectivity index (χ0v) is 18.2. The van der Waals surface area contributed by atoms with Crippen LogP contribution in [-0.2, 0) is 9.53 Å². The van der Waals surface area contributed by atoms with Crippen LogP contribution in [0.1, 0.15) is 30.0 Å². The number of nitrogen functional groups attached to an aromatic ring is 1. The van der Waals surface area contributed by atoms with E-state index in [9.17, 15) is 4.79 Å². The van der Waals surface area contributed by atoms with Gasteiger partial charge in [-0.3, -0.25) is 4.79 Å². The number of anilines is 2. The lowest BCUT2D eigenvalue weighted by Gasteiger charge is -2.29. The first-order chi connectivity index (χ1) is 15.6. The summed E-state index contributed by atoms with van der Waals surface area (Å²) in [5.74, 6) is 0.0606. The van der Waals surface area contributed by atoms with Crippen molar-refractivity contribution in [1.82, 2.24) is 9.88 Å². The van der Waals surface area contributed by atoms with Gasteiger partial charge in [0.05, 0.1) is 30.5 Å². The predicted octanol–water partition coefficient (Wildman–Crippen LogP) is 4.06. The maximum absolute atomic E-state index is 15.4. The van der Waals surface area contributed by atoms with Gasteiger partial charge in [0.2, 0.25) is 6.41 Å². The molecule has 1 amide bonds. The molecule has 0 spiro atoms. The van der Waals surface area contributed by atoms with Gasteiger partial charge in [-0.25, -0.2) is 9.37 Å². The standard InChI is InChI=1S/C25H27FN4O2/c1-16-4-2-5-18(22-6-3-7-30(22)15-31)24(16)19-12-17-13-23(29-8-10-32-11-9-29)25(27)28-21(17)14-20(19)26/h2,4-5,12-15,22H,3,6-11H2,1H3,(H2,27,28). The number of morpholine rings is 1. The lowest BCUT2D eigenvalue weighted by Crippen LogP contribution is -2.36. The van der Waals surface area contributed by atoms with E-state index in [4.69, 9.17) is 10.5 Å². The van der Waals surface area contributed by atoms with E-state index in [1.807, 2.05) is 42.2 Å². The molecule has 2 fully saturated rings. The number of benzene rings is 2. The molecule has 0 aliphatic carbocycles. The van der Waals surface area contributed by atoms with Crippen molar-refractivity contribution in [2.45, 2.75) is 25.8 Å². The monoisotopic (exact) mass is 434 g/mol. The number of amides is 1. The Hall–Kier alpha value is -3.19. The Labute approximate surface area is 186 Å². The molecule has 1 atom stereocenters. The number of aromatic nitrogens is 1. The third-order valence-electron chi connectivity index (χ3n) is 6.63. The van der Waals surface area contributed by atoms with Gasteiger partial charge in [-0.2, -0.15) is 0 Å². The highest BCUT2D eigenvalue weighted by Gasteiger charge is 2.28. The highest BCUT2D eigenvalue weighted by molar-refractivity contribution is 5.91. The van der Waals surface area contributed by atoms with Crippen LogP contribution in [0.2, 0.25) is 0 Å². The molecule has 2 aromatic carbocycles. The molecule has 32 heavy (non-hydrogen) atoms. The van der Waals surface area contributed by atoms with E-state index in [1.54, 1.807) is 0 Å². The van der Waals surface area contributed by atoms with Gasteiger partial charge in [0.1, 0.15) is 11.6 Å². The summed E-state index contributed by atoms with van der Waals surface area (Å²) >= 11 is 0.